The van der Waals surface area contributed by atoms with E-state index in [2.05, 4.69) is 4.52 Å². The molecule has 0 radical (unpaired) electrons. The molecule has 0 aromatic heterocycles. The van der Waals surface area contributed by atoms with E-state index in [9.17, 15) is 4.57 Å². The van der Waals surface area contributed by atoms with Gasteiger partial charge in [0.05, 0.1) is 13.2 Å². The van der Waals surface area contributed by atoms with Crippen molar-refractivity contribution in [2.75, 3.05) is 25.0 Å². The number of hydrogen-bond donors (Lipinski definition) is 0. The second-order valence-corrected chi connectivity index (χ2v) is 5.39. The average molecular weight is 318 g/mol. The molecule has 0 unspecified atom stereocenters. The lowest BCUT2D eigenvalue weighted by Crippen LogP contribution is -2.01. The summed E-state index contributed by atoms with van der Waals surface area (Å²) in [4.78, 5) is 0. The number of rotatable bonds is 8. The molecule has 0 saturated heterocycles. The molecule has 4 nitrogen and oxygen atoms in total. The topological polar surface area (TPSA) is 44.8 Å². The Bertz CT molecular complexity index is 231. The predicted molar refractivity (Wildman–Crippen MR) is 61.8 cm³/mol. The van der Waals surface area contributed by atoms with Crippen molar-refractivity contribution in [3.05, 3.63) is 10.8 Å². The first kappa shape index (κ1) is 15.9. The molecule has 0 aromatic rings. The predicted octanol–water partition coefficient (Wildman–Crippen LogP) is 3.90. The van der Waals surface area contributed by atoms with Gasteiger partial charge in [-0.3, -0.25) is 9.05 Å². The fourth-order valence-corrected chi connectivity index (χ4v) is 2.14. The van der Waals surface area contributed by atoms with Gasteiger partial charge < -0.3 is 4.52 Å². The Hall–Kier alpha value is 0.850. The highest BCUT2D eigenvalue weighted by Crippen LogP contribution is 2.50. The Kier molecular flexibility index (Phi) is 9.45. The molecular formula is C6H9Cl4O4P. The summed E-state index contributed by atoms with van der Waals surface area (Å²) in [6.45, 7) is 0.0176. The van der Waals surface area contributed by atoms with E-state index >= 15 is 0 Å². The third-order valence-corrected chi connectivity index (χ3v) is 2.77. The summed E-state index contributed by atoms with van der Waals surface area (Å²) in [6, 6.07) is 0. The van der Waals surface area contributed by atoms with Gasteiger partial charge in [-0.15, -0.1) is 23.2 Å². The summed E-state index contributed by atoms with van der Waals surface area (Å²) in [7, 11) is -3.72. The molecule has 0 aliphatic rings. The zero-order valence-corrected chi connectivity index (χ0v) is 11.4. The molecule has 0 atom stereocenters. The van der Waals surface area contributed by atoms with E-state index in [1.165, 1.54) is 0 Å². The van der Waals surface area contributed by atoms with Crippen LogP contribution in [0.3, 0.4) is 0 Å². The van der Waals surface area contributed by atoms with Gasteiger partial charge >= 0.3 is 7.82 Å². The van der Waals surface area contributed by atoms with E-state index in [0.29, 0.717) is 0 Å². The van der Waals surface area contributed by atoms with Crippen LogP contribution in [-0.4, -0.2) is 25.0 Å². The van der Waals surface area contributed by atoms with Gasteiger partial charge in [0.2, 0.25) is 0 Å². The van der Waals surface area contributed by atoms with Crippen molar-refractivity contribution in [2.24, 2.45) is 0 Å². The summed E-state index contributed by atoms with van der Waals surface area (Å²) in [5.74, 6) is 0.297. The summed E-state index contributed by atoms with van der Waals surface area (Å²) >= 11 is 21.2. The fraction of sp³-hybridized carbons (Fsp3) is 0.667. The molecule has 0 heterocycles. The van der Waals surface area contributed by atoms with Crippen LogP contribution in [0.1, 0.15) is 0 Å². The average Bonchev–Trinajstić information content (AvgIpc) is 2.21. The second kappa shape index (κ2) is 8.94. The third-order valence-electron chi connectivity index (χ3n) is 0.924. The molecule has 0 bridgehead atoms. The summed E-state index contributed by atoms with van der Waals surface area (Å²) in [5.41, 5.74) is 0. The highest BCUT2D eigenvalue weighted by Gasteiger charge is 2.26. The molecule has 9 heteroatoms. The molecule has 0 aliphatic carbocycles. The Morgan fingerprint density at radius 2 is 1.60 bits per heavy atom. The number of alkyl halides is 2. The zero-order chi connectivity index (χ0) is 11.7. The van der Waals surface area contributed by atoms with Gasteiger partial charge in [0.1, 0.15) is 10.8 Å². The van der Waals surface area contributed by atoms with Crippen LogP contribution in [0.25, 0.3) is 0 Å². The van der Waals surface area contributed by atoms with Gasteiger partial charge in [-0.05, 0) is 0 Å². The maximum atomic E-state index is 11.7. The molecule has 0 fully saturated rings. The van der Waals surface area contributed by atoms with Crippen LogP contribution in [0.15, 0.2) is 10.8 Å². The number of halogens is 4. The number of hydrogen-bond acceptors (Lipinski definition) is 4. The van der Waals surface area contributed by atoms with Crippen molar-refractivity contribution in [3.8, 4) is 0 Å². The SMILES string of the molecule is O=P(OC=C(Cl)Cl)(OCCCl)OCCCl. The lowest BCUT2D eigenvalue weighted by molar-refractivity contribution is 0.155. The van der Waals surface area contributed by atoms with Crippen molar-refractivity contribution in [3.63, 3.8) is 0 Å². The molecule has 0 rings (SSSR count). The highest BCUT2D eigenvalue weighted by atomic mass is 35.5. The summed E-state index contributed by atoms with van der Waals surface area (Å²) < 4.78 is 25.7. The summed E-state index contributed by atoms with van der Waals surface area (Å²) in [6.07, 6.45) is 0.854. The molecule has 15 heavy (non-hydrogen) atoms. The van der Waals surface area contributed by atoms with Crippen LogP contribution in [-0.2, 0) is 18.1 Å². The maximum absolute atomic E-state index is 11.7. The number of phosphoric acid groups is 1. The van der Waals surface area contributed by atoms with Crippen LogP contribution in [0, 0.1) is 0 Å². The van der Waals surface area contributed by atoms with Gasteiger partial charge in [0.15, 0.2) is 0 Å². The Morgan fingerprint density at radius 1 is 1.13 bits per heavy atom. The molecule has 0 saturated carbocycles. The van der Waals surface area contributed by atoms with E-state index in [1.807, 2.05) is 0 Å². The minimum atomic E-state index is -3.72. The molecule has 0 aromatic carbocycles. The van der Waals surface area contributed by atoms with Crippen molar-refractivity contribution < 1.29 is 18.1 Å². The number of phosphoric ester groups is 1. The molecular weight excluding hydrogens is 309 g/mol. The molecule has 0 aliphatic heterocycles. The Labute approximate surface area is 108 Å². The van der Waals surface area contributed by atoms with Gasteiger partial charge in [-0.25, -0.2) is 4.57 Å². The Morgan fingerprint density at radius 3 is 1.93 bits per heavy atom. The van der Waals surface area contributed by atoms with E-state index in [0.717, 1.165) is 6.26 Å². The highest BCUT2D eigenvalue weighted by molar-refractivity contribution is 7.48. The van der Waals surface area contributed by atoms with Crippen LogP contribution in [0.4, 0.5) is 0 Å². The molecule has 0 spiro atoms. The molecule has 90 valence electrons. The normalized spacial score (nSPS) is 11.2. The Balaban J connectivity index is 4.26. The monoisotopic (exact) mass is 316 g/mol. The van der Waals surface area contributed by atoms with Gasteiger partial charge in [0, 0.05) is 11.8 Å². The largest absolute Gasteiger partial charge is 0.529 e. The molecule has 0 amide bonds. The van der Waals surface area contributed by atoms with Crippen molar-refractivity contribution in [1.82, 2.24) is 0 Å². The smallest absolute Gasteiger partial charge is 0.409 e. The van der Waals surface area contributed by atoms with E-state index in [1.54, 1.807) is 0 Å². The van der Waals surface area contributed by atoms with Gasteiger partial charge in [-0.2, -0.15) is 0 Å². The second-order valence-electron chi connectivity index (χ2n) is 2.00. The third kappa shape index (κ3) is 8.64. The summed E-state index contributed by atoms with van der Waals surface area (Å²) in [5, 5.41) is 0. The minimum absolute atomic E-state index is 0.00879. The standard InChI is InChI=1S/C6H9Cl4O4P/c7-1-3-12-15(11,13-4-2-8)14-5-6(9)10/h5H,1-4H2. The first-order valence-electron chi connectivity index (χ1n) is 3.74. The van der Waals surface area contributed by atoms with Crippen molar-refractivity contribution in [1.29, 1.82) is 0 Å². The van der Waals surface area contributed by atoms with Gasteiger partial charge in [0.25, 0.3) is 0 Å². The van der Waals surface area contributed by atoms with Crippen LogP contribution in [0.2, 0.25) is 0 Å². The molecule has 0 N–H and O–H groups in total. The maximum Gasteiger partial charge on any atom is 0.529 e. The van der Waals surface area contributed by atoms with E-state index in [-0.39, 0.29) is 29.5 Å². The minimum Gasteiger partial charge on any atom is -0.409 e. The van der Waals surface area contributed by atoms with Crippen LogP contribution < -0.4 is 0 Å². The first-order valence-corrected chi connectivity index (χ1v) is 7.03. The zero-order valence-electron chi connectivity index (χ0n) is 7.50. The van der Waals surface area contributed by atoms with E-state index in [4.69, 9.17) is 55.5 Å². The fourth-order valence-electron chi connectivity index (χ4n) is 0.495. The van der Waals surface area contributed by atoms with Crippen molar-refractivity contribution in [2.45, 2.75) is 0 Å². The first-order chi connectivity index (χ1) is 7.04. The van der Waals surface area contributed by atoms with Crippen LogP contribution in [0.5, 0.6) is 0 Å². The van der Waals surface area contributed by atoms with Crippen LogP contribution >= 0.6 is 54.2 Å². The quantitative estimate of drug-likeness (QED) is 0.387. The lowest BCUT2D eigenvalue weighted by atomic mass is 10.9. The van der Waals surface area contributed by atoms with Gasteiger partial charge in [-0.1, -0.05) is 23.2 Å². The van der Waals surface area contributed by atoms with Crippen molar-refractivity contribution >= 4 is 54.2 Å². The van der Waals surface area contributed by atoms with E-state index < -0.39 is 7.82 Å². The lowest BCUT2D eigenvalue weighted by Gasteiger charge is -2.15.